The molecule has 0 aliphatic rings. The highest BCUT2D eigenvalue weighted by Gasteiger charge is 2.14. The topological polar surface area (TPSA) is 57.3 Å². The fraction of sp³-hybridized carbons (Fsp3) is 0.538. The van der Waals surface area contributed by atoms with Gasteiger partial charge in [-0.3, -0.25) is 4.79 Å². The standard InChI is InChI=1S/C13H21BrN4O/c1-5-15-12-11(6-10(14)8-16-12)13(19)17-7-9(2)18(3)4/h6,8-9H,5,7H2,1-4H3,(H,15,16)(H,17,19). The van der Waals surface area contributed by atoms with Crippen molar-refractivity contribution in [2.45, 2.75) is 19.9 Å². The molecule has 0 bridgehead atoms. The van der Waals surface area contributed by atoms with Crippen LogP contribution in [-0.2, 0) is 0 Å². The molecule has 19 heavy (non-hydrogen) atoms. The molecule has 0 saturated carbocycles. The van der Waals surface area contributed by atoms with Gasteiger partial charge in [-0.25, -0.2) is 4.98 Å². The molecule has 0 fully saturated rings. The van der Waals surface area contributed by atoms with E-state index in [2.05, 4.69) is 43.4 Å². The predicted octanol–water partition coefficient (Wildman–Crippen LogP) is 1.96. The van der Waals surface area contributed by atoms with Crippen LogP contribution in [0.1, 0.15) is 24.2 Å². The number of carbonyl (C=O) groups excluding carboxylic acids is 1. The zero-order valence-corrected chi connectivity index (χ0v) is 13.4. The lowest BCUT2D eigenvalue weighted by atomic mass is 10.2. The summed E-state index contributed by atoms with van der Waals surface area (Å²) in [6.45, 7) is 5.36. The van der Waals surface area contributed by atoms with E-state index in [-0.39, 0.29) is 11.9 Å². The van der Waals surface area contributed by atoms with E-state index < -0.39 is 0 Å². The minimum Gasteiger partial charge on any atom is -0.370 e. The van der Waals surface area contributed by atoms with Crippen molar-refractivity contribution in [2.75, 3.05) is 32.5 Å². The Morgan fingerprint density at radius 2 is 2.21 bits per heavy atom. The Bertz CT molecular complexity index is 437. The third-order valence-corrected chi connectivity index (χ3v) is 3.32. The molecule has 2 N–H and O–H groups in total. The van der Waals surface area contributed by atoms with E-state index >= 15 is 0 Å². The number of halogens is 1. The average molecular weight is 329 g/mol. The third-order valence-electron chi connectivity index (χ3n) is 2.88. The molecule has 5 nitrogen and oxygen atoms in total. The van der Waals surface area contributed by atoms with Crippen molar-refractivity contribution < 1.29 is 4.79 Å². The molecule has 6 heteroatoms. The van der Waals surface area contributed by atoms with Gasteiger partial charge in [0.15, 0.2) is 0 Å². The van der Waals surface area contributed by atoms with Crippen LogP contribution in [0.4, 0.5) is 5.82 Å². The summed E-state index contributed by atoms with van der Waals surface area (Å²) < 4.78 is 0.792. The van der Waals surface area contributed by atoms with Crippen molar-refractivity contribution in [1.82, 2.24) is 15.2 Å². The van der Waals surface area contributed by atoms with Crippen molar-refractivity contribution in [1.29, 1.82) is 0 Å². The molecule has 1 rings (SSSR count). The number of likely N-dealkylation sites (N-methyl/N-ethyl adjacent to an activating group) is 1. The summed E-state index contributed by atoms with van der Waals surface area (Å²) in [6, 6.07) is 2.06. The highest BCUT2D eigenvalue weighted by Crippen LogP contribution is 2.17. The molecule has 0 radical (unpaired) electrons. The summed E-state index contributed by atoms with van der Waals surface area (Å²) in [5, 5.41) is 6.02. The number of hydrogen-bond acceptors (Lipinski definition) is 4. The number of carbonyl (C=O) groups is 1. The number of amides is 1. The second-order valence-corrected chi connectivity index (χ2v) is 5.52. The molecule has 0 aliphatic heterocycles. The Morgan fingerprint density at radius 1 is 1.53 bits per heavy atom. The summed E-state index contributed by atoms with van der Waals surface area (Å²) in [5.74, 6) is 0.499. The van der Waals surface area contributed by atoms with Gasteiger partial charge in [-0.05, 0) is 49.9 Å². The van der Waals surface area contributed by atoms with Crippen LogP contribution in [0.5, 0.6) is 0 Å². The maximum atomic E-state index is 12.2. The van der Waals surface area contributed by atoms with Crippen molar-refractivity contribution in [3.63, 3.8) is 0 Å². The lowest BCUT2D eigenvalue weighted by Crippen LogP contribution is -2.38. The minimum absolute atomic E-state index is 0.113. The van der Waals surface area contributed by atoms with E-state index in [1.54, 1.807) is 12.3 Å². The second kappa shape index (κ2) is 7.45. The predicted molar refractivity (Wildman–Crippen MR) is 81.6 cm³/mol. The maximum absolute atomic E-state index is 12.2. The van der Waals surface area contributed by atoms with Crippen LogP contribution >= 0.6 is 15.9 Å². The van der Waals surface area contributed by atoms with Crippen LogP contribution in [-0.4, -0.2) is 49.0 Å². The van der Waals surface area contributed by atoms with Gasteiger partial charge in [0.25, 0.3) is 5.91 Å². The molecule has 1 heterocycles. The molecule has 1 amide bonds. The number of nitrogens with one attached hydrogen (secondary N) is 2. The molecule has 1 atom stereocenters. The van der Waals surface area contributed by atoms with Gasteiger partial charge in [-0.2, -0.15) is 0 Å². The fourth-order valence-corrected chi connectivity index (χ4v) is 1.77. The first-order chi connectivity index (χ1) is 8.95. The van der Waals surface area contributed by atoms with E-state index in [1.807, 2.05) is 21.0 Å². The second-order valence-electron chi connectivity index (χ2n) is 4.60. The maximum Gasteiger partial charge on any atom is 0.255 e. The number of rotatable bonds is 6. The Balaban J connectivity index is 2.77. The number of anilines is 1. The van der Waals surface area contributed by atoms with Gasteiger partial charge < -0.3 is 15.5 Å². The molecular formula is C13H21BrN4O. The first kappa shape index (κ1) is 15.9. The van der Waals surface area contributed by atoms with Crippen LogP contribution in [0.25, 0.3) is 0 Å². The highest BCUT2D eigenvalue weighted by molar-refractivity contribution is 9.10. The summed E-state index contributed by atoms with van der Waals surface area (Å²) in [6.07, 6.45) is 1.68. The van der Waals surface area contributed by atoms with Crippen molar-refractivity contribution in [2.24, 2.45) is 0 Å². The highest BCUT2D eigenvalue weighted by atomic mass is 79.9. The third kappa shape index (κ3) is 4.80. The Kier molecular flexibility index (Phi) is 6.24. The largest absolute Gasteiger partial charge is 0.370 e. The minimum atomic E-state index is -0.113. The number of hydrogen-bond donors (Lipinski definition) is 2. The van der Waals surface area contributed by atoms with Crippen molar-refractivity contribution >= 4 is 27.7 Å². The van der Waals surface area contributed by atoms with Gasteiger partial charge >= 0.3 is 0 Å². The summed E-state index contributed by atoms with van der Waals surface area (Å²) in [5.41, 5.74) is 0.558. The molecular weight excluding hydrogens is 308 g/mol. The van der Waals surface area contributed by atoms with E-state index in [4.69, 9.17) is 0 Å². The van der Waals surface area contributed by atoms with E-state index in [0.29, 0.717) is 17.9 Å². The van der Waals surface area contributed by atoms with Crippen LogP contribution in [0, 0.1) is 0 Å². The van der Waals surface area contributed by atoms with E-state index in [0.717, 1.165) is 11.0 Å². The smallest absolute Gasteiger partial charge is 0.255 e. The summed E-state index contributed by atoms with van der Waals surface area (Å²) in [4.78, 5) is 18.5. The van der Waals surface area contributed by atoms with Crippen molar-refractivity contribution in [3.8, 4) is 0 Å². The van der Waals surface area contributed by atoms with Crippen LogP contribution in [0.3, 0.4) is 0 Å². The molecule has 106 valence electrons. The lowest BCUT2D eigenvalue weighted by molar-refractivity contribution is 0.0944. The zero-order valence-electron chi connectivity index (χ0n) is 11.8. The monoisotopic (exact) mass is 328 g/mol. The first-order valence-corrected chi connectivity index (χ1v) is 7.09. The Morgan fingerprint density at radius 3 is 2.79 bits per heavy atom. The number of nitrogens with zero attached hydrogens (tertiary/aromatic N) is 2. The van der Waals surface area contributed by atoms with Crippen LogP contribution in [0.2, 0.25) is 0 Å². The van der Waals surface area contributed by atoms with Gasteiger partial charge in [0.1, 0.15) is 5.82 Å². The SMILES string of the molecule is CCNc1ncc(Br)cc1C(=O)NCC(C)N(C)C. The molecule has 1 aromatic rings. The van der Waals surface area contributed by atoms with E-state index in [1.165, 1.54) is 0 Å². The average Bonchev–Trinajstić information content (AvgIpc) is 2.37. The summed E-state index contributed by atoms with van der Waals surface area (Å²) in [7, 11) is 3.98. The Hall–Kier alpha value is -1.14. The summed E-state index contributed by atoms with van der Waals surface area (Å²) >= 11 is 3.34. The van der Waals surface area contributed by atoms with Gasteiger partial charge in [0.2, 0.25) is 0 Å². The Labute approximate surface area is 122 Å². The number of pyridine rings is 1. The quantitative estimate of drug-likeness (QED) is 0.838. The van der Waals surface area contributed by atoms with Gasteiger partial charge in [-0.1, -0.05) is 0 Å². The van der Waals surface area contributed by atoms with Gasteiger partial charge in [0.05, 0.1) is 5.56 Å². The molecule has 1 aromatic heterocycles. The van der Waals surface area contributed by atoms with Crippen LogP contribution < -0.4 is 10.6 Å². The molecule has 0 aliphatic carbocycles. The van der Waals surface area contributed by atoms with Crippen molar-refractivity contribution in [3.05, 3.63) is 22.3 Å². The normalized spacial score (nSPS) is 12.3. The zero-order chi connectivity index (χ0) is 14.4. The van der Waals surface area contributed by atoms with Crippen LogP contribution in [0.15, 0.2) is 16.7 Å². The van der Waals surface area contributed by atoms with Gasteiger partial charge in [0, 0.05) is 29.8 Å². The molecule has 0 saturated heterocycles. The lowest BCUT2D eigenvalue weighted by Gasteiger charge is -2.20. The molecule has 1 unspecified atom stereocenters. The molecule has 0 spiro atoms. The molecule has 0 aromatic carbocycles. The fourth-order valence-electron chi connectivity index (χ4n) is 1.44. The first-order valence-electron chi connectivity index (χ1n) is 6.29. The van der Waals surface area contributed by atoms with Gasteiger partial charge in [-0.15, -0.1) is 0 Å². The van der Waals surface area contributed by atoms with E-state index in [9.17, 15) is 4.79 Å². The number of aromatic nitrogens is 1.